The van der Waals surface area contributed by atoms with Crippen LogP contribution in [0.25, 0.3) is 0 Å². The number of anilines is 1. The lowest BCUT2D eigenvalue weighted by atomic mass is 9.97. The highest BCUT2D eigenvalue weighted by molar-refractivity contribution is 5.94. The number of nitrogens with two attached hydrogens (primary N) is 1. The van der Waals surface area contributed by atoms with Crippen molar-refractivity contribution in [3.8, 4) is 0 Å². The molecule has 1 aliphatic rings. The third-order valence-electron chi connectivity index (χ3n) is 3.98. The van der Waals surface area contributed by atoms with Crippen molar-refractivity contribution in [1.29, 1.82) is 0 Å². The van der Waals surface area contributed by atoms with Gasteiger partial charge in [-0.15, -0.1) is 24.8 Å². The van der Waals surface area contributed by atoms with Gasteiger partial charge < -0.3 is 16.2 Å². The molecular formula is C16H27Cl2N3O2. The number of carbonyl (C=O) groups excluding carboxylic acids is 1. The van der Waals surface area contributed by atoms with Crippen molar-refractivity contribution in [1.82, 2.24) is 4.90 Å². The van der Waals surface area contributed by atoms with Gasteiger partial charge in [-0.3, -0.25) is 9.69 Å². The zero-order valence-electron chi connectivity index (χ0n) is 13.4. The minimum absolute atomic E-state index is 0. The number of hydrogen-bond acceptors (Lipinski definition) is 4. The smallest absolute Gasteiger partial charge is 0.240 e. The fourth-order valence-corrected chi connectivity index (χ4v) is 2.59. The van der Waals surface area contributed by atoms with Crippen LogP contribution in [0.15, 0.2) is 24.3 Å². The van der Waals surface area contributed by atoms with Gasteiger partial charge in [0, 0.05) is 18.8 Å². The lowest BCUT2D eigenvalue weighted by Crippen LogP contribution is -2.34. The van der Waals surface area contributed by atoms with Crippen molar-refractivity contribution in [2.75, 3.05) is 25.0 Å². The Labute approximate surface area is 150 Å². The number of nitrogens with one attached hydrogen (secondary N) is 1. The summed E-state index contributed by atoms with van der Waals surface area (Å²) in [5, 5.41) is 12.0. The van der Waals surface area contributed by atoms with Crippen molar-refractivity contribution in [2.45, 2.75) is 32.4 Å². The molecule has 0 radical (unpaired) electrons. The number of aliphatic hydroxyl groups excluding tert-OH is 1. The summed E-state index contributed by atoms with van der Waals surface area (Å²) in [6.07, 6.45) is 2.11. The van der Waals surface area contributed by atoms with E-state index in [1.54, 1.807) is 6.92 Å². The van der Waals surface area contributed by atoms with Crippen molar-refractivity contribution < 1.29 is 9.90 Å². The second-order valence-corrected chi connectivity index (χ2v) is 5.88. The molecule has 1 amide bonds. The number of rotatable bonds is 5. The molecule has 1 fully saturated rings. The van der Waals surface area contributed by atoms with Crippen LogP contribution in [0.1, 0.15) is 25.3 Å². The summed E-state index contributed by atoms with van der Waals surface area (Å²) in [6, 6.07) is 7.39. The first-order valence-electron chi connectivity index (χ1n) is 7.57. The molecule has 23 heavy (non-hydrogen) atoms. The number of piperidine rings is 1. The highest BCUT2D eigenvalue weighted by atomic mass is 35.5. The van der Waals surface area contributed by atoms with E-state index in [2.05, 4.69) is 16.3 Å². The quantitative estimate of drug-likeness (QED) is 0.747. The number of hydrogen-bond donors (Lipinski definition) is 3. The van der Waals surface area contributed by atoms with E-state index >= 15 is 0 Å². The van der Waals surface area contributed by atoms with Gasteiger partial charge in [-0.1, -0.05) is 12.1 Å². The summed E-state index contributed by atoms with van der Waals surface area (Å²) in [5.74, 6) is 0.286. The van der Waals surface area contributed by atoms with Crippen LogP contribution in [-0.4, -0.2) is 41.7 Å². The summed E-state index contributed by atoms with van der Waals surface area (Å²) in [5.41, 5.74) is 7.53. The average Bonchev–Trinajstić information content (AvgIpc) is 2.48. The molecule has 2 rings (SSSR count). The van der Waals surface area contributed by atoms with E-state index in [1.165, 1.54) is 5.56 Å². The summed E-state index contributed by atoms with van der Waals surface area (Å²) in [6.45, 7) is 4.88. The molecule has 0 spiro atoms. The summed E-state index contributed by atoms with van der Waals surface area (Å²) >= 11 is 0. The molecule has 0 aromatic heterocycles. The van der Waals surface area contributed by atoms with Gasteiger partial charge in [0.15, 0.2) is 0 Å². The highest BCUT2D eigenvalue weighted by Crippen LogP contribution is 2.19. The van der Waals surface area contributed by atoms with Crippen LogP contribution in [0.2, 0.25) is 0 Å². The topological polar surface area (TPSA) is 78.6 Å². The molecule has 0 aliphatic carbocycles. The molecule has 1 aromatic carbocycles. The standard InChI is InChI=1S/C16H25N3O2.2ClH/c1-12(17)16(21)18-15-4-2-3-14(9-15)10-19-7-5-13(11-20)6-8-19;;/h2-4,9,12-13,20H,5-8,10-11,17H2,1H3,(H,18,21);2*1H. The molecule has 0 saturated carbocycles. The number of amides is 1. The molecule has 4 N–H and O–H groups in total. The van der Waals surface area contributed by atoms with Crippen molar-refractivity contribution in [3.05, 3.63) is 29.8 Å². The van der Waals surface area contributed by atoms with Gasteiger partial charge in [-0.05, 0) is 56.5 Å². The van der Waals surface area contributed by atoms with E-state index in [-0.39, 0.29) is 30.7 Å². The van der Waals surface area contributed by atoms with E-state index in [4.69, 9.17) is 10.8 Å². The van der Waals surface area contributed by atoms with E-state index < -0.39 is 6.04 Å². The first kappa shape index (κ1) is 22.1. The normalized spacial score (nSPS) is 16.8. The second kappa shape index (κ2) is 10.8. The maximum Gasteiger partial charge on any atom is 0.240 e. The second-order valence-electron chi connectivity index (χ2n) is 5.88. The minimum atomic E-state index is -0.508. The van der Waals surface area contributed by atoms with Crippen molar-refractivity contribution in [3.63, 3.8) is 0 Å². The maximum absolute atomic E-state index is 11.6. The lowest BCUT2D eigenvalue weighted by Gasteiger charge is -2.31. The van der Waals surface area contributed by atoms with E-state index in [0.29, 0.717) is 12.5 Å². The average molecular weight is 364 g/mol. The highest BCUT2D eigenvalue weighted by Gasteiger charge is 2.18. The van der Waals surface area contributed by atoms with Crippen LogP contribution in [0.3, 0.4) is 0 Å². The Balaban J connectivity index is 0.00000242. The van der Waals surface area contributed by atoms with Crippen LogP contribution in [0.4, 0.5) is 5.69 Å². The monoisotopic (exact) mass is 363 g/mol. The van der Waals surface area contributed by atoms with Crippen LogP contribution >= 0.6 is 24.8 Å². The van der Waals surface area contributed by atoms with Gasteiger partial charge >= 0.3 is 0 Å². The van der Waals surface area contributed by atoms with Crippen molar-refractivity contribution in [2.24, 2.45) is 11.7 Å². The number of nitrogens with zero attached hydrogens (tertiary/aromatic N) is 1. The predicted molar refractivity (Wildman–Crippen MR) is 98.3 cm³/mol. The number of aliphatic hydroxyl groups is 1. The summed E-state index contributed by atoms with van der Waals surface area (Å²) in [4.78, 5) is 14.0. The zero-order chi connectivity index (χ0) is 15.2. The van der Waals surface area contributed by atoms with Gasteiger partial charge in [0.2, 0.25) is 5.91 Å². The first-order chi connectivity index (χ1) is 10.1. The molecule has 132 valence electrons. The largest absolute Gasteiger partial charge is 0.396 e. The molecule has 0 bridgehead atoms. The fraction of sp³-hybridized carbons (Fsp3) is 0.562. The van der Waals surface area contributed by atoms with Crippen molar-refractivity contribution >= 4 is 36.4 Å². The molecule has 7 heteroatoms. The molecule has 1 atom stereocenters. The minimum Gasteiger partial charge on any atom is -0.396 e. The third kappa shape index (κ3) is 7.06. The molecule has 5 nitrogen and oxygen atoms in total. The lowest BCUT2D eigenvalue weighted by molar-refractivity contribution is -0.117. The Morgan fingerprint density at radius 3 is 2.61 bits per heavy atom. The molecule has 1 saturated heterocycles. The molecule has 1 aromatic rings. The number of halogens is 2. The van der Waals surface area contributed by atoms with Crippen LogP contribution in [0, 0.1) is 5.92 Å². The van der Waals surface area contributed by atoms with Gasteiger partial charge in [-0.2, -0.15) is 0 Å². The Morgan fingerprint density at radius 1 is 1.39 bits per heavy atom. The van der Waals surface area contributed by atoms with E-state index in [1.807, 2.05) is 18.2 Å². The SMILES string of the molecule is CC(N)C(=O)Nc1cccc(CN2CCC(CO)CC2)c1.Cl.Cl. The molecular weight excluding hydrogens is 337 g/mol. The molecule has 1 unspecified atom stereocenters. The Hall–Kier alpha value is -0.850. The van der Waals surface area contributed by atoms with Gasteiger partial charge in [0.1, 0.15) is 0 Å². The fourth-order valence-electron chi connectivity index (χ4n) is 2.59. The number of carbonyl (C=O) groups is 1. The maximum atomic E-state index is 11.6. The number of likely N-dealkylation sites (tertiary alicyclic amines) is 1. The molecule has 1 aliphatic heterocycles. The first-order valence-corrected chi connectivity index (χ1v) is 7.57. The van der Waals surface area contributed by atoms with Crippen LogP contribution in [-0.2, 0) is 11.3 Å². The van der Waals surface area contributed by atoms with Crippen LogP contribution in [0.5, 0.6) is 0 Å². The Kier molecular flexibility index (Phi) is 10.4. The van der Waals surface area contributed by atoms with Gasteiger partial charge in [-0.25, -0.2) is 0 Å². The predicted octanol–water partition coefficient (Wildman–Crippen LogP) is 2.02. The molecule has 1 heterocycles. The van der Waals surface area contributed by atoms with E-state index in [9.17, 15) is 4.79 Å². The van der Waals surface area contributed by atoms with Crippen LogP contribution < -0.4 is 11.1 Å². The Morgan fingerprint density at radius 2 is 2.04 bits per heavy atom. The van der Waals surface area contributed by atoms with E-state index in [0.717, 1.165) is 38.2 Å². The van der Waals surface area contributed by atoms with Gasteiger partial charge in [0.25, 0.3) is 0 Å². The third-order valence-corrected chi connectivity index (χ3v) is 3.98. The summed E-state index contributed by atoms with van der Waals surface area (Å²) in [7, 11) is 0. The zero-order valence-corrected chi connectivity index (χ0v) is 15.0. The number of benzene rings is 1. The Bertz CT molecular complexity index is 478. The van der Waals surface area contributed by atoms with Gasteiger partial charge in [0.05, 0.1) is 6.04 Å². The summed E-state index contributed by atoms with van der Waals surface area (Å²) < 4.78 is 0.